The maximum atomic E-state index is 12.1. The molecule has 112 valence electrons. The molecule has 6 nitrogen and oxygen atoms in total. The molecule has 2 aromatic heterocycles. The summed E-state index contributed by atoms with van der Waals surface area (Å²) in [7, 11) is 0. The molecule has 0 aromatic carbocycles. The number of pyridine rings is 2. The fourth-order valence-corrected chi connectivity index (χ4v) is 2.98. The second-order valence-corrected chi connectivity index (χ2v) is 5.66. The number of rotatable bonds is 4. The summed E-state index contributed by atoms with van der Waals surface area (Å²) in [6.07, 6.45) is 3.36. The molecule has 7 heteroatoms. The molecule has 22 heavy (non-hydrogen) atoms. The maximum Gasteiger partial charge on any atom is 0.240 e. The molecule has 0 bridgehead atoms. The number of carbonyl (C=O) groups is 2. The third-order valence-electron chi connectivity index (χ3n) is 3.17. The Morgan fingerprint density at radius 1 is 1.23 bits per heavy atom. The molecular weight excluding hydrogens is 300 g/mol. The van der Waals surface area contributed by atoms with E-state index in [2.05, 4.69) is 15.3 Å². The van der Waals surface area contributed by atoms with Gasteiger partial charge in [0.25, 0.3) is 0 Å². The van der Waals surface area contributed by atoms with Crippen molar-refractivity contribution in [3.63, 3.8) is 0 Å². The zero-order chi connectivity index (χ0) is 15.4. The summed E-state index contributed by atoms with van der Waals surface area (Å²) in [4.78, 5) is 34.0. The van der Waals surface area contributed by atoms with Crippen molar-refractivity contribution < 1.29 is 9.59 Å². The van der Waals surface area contributed by atoms with Crippen LogP contribution in [0.25, 0.3) is 0 Å². The van der Waals surface area contributed by atoms with Crippen molar-refractivity contribution >= 4 is 29.3 Å². The van der Waals surface area contributed by atoms with Crippen LogP contribution in [-0.2, 0) is 16.1 Å². The lowest BCUT2D eigenvalue weighted by molar-refractivity contribution is -0.123. The molecule has 3 rings (SSSR count). The van der Waals surface area contributed by atoms with Crippen LogP contribution in [0.15, 0.2) is 47.8 Å². The van der Waals surface area contributed by atoms with E-state index in [1.165, 1.54) is 16.7 Å². The highest BCUT2D eigenvalue weighted by molar-refractivity contribution is 8.00. The van der Waals surface area contributed by atoms with Gasteiger partial charge in [-0.1, -0.05) is 17.8 Å². The van der Waals surface area contributed by atoms with Gasteiger partial charge in [0.1, 0.15) is 11.6 Å². The van der Waals surface area contributed by atoms with Crippen molar-refractivity contribution in [2.24, 2.45) is 0 Å². The molecule has 0 saturated heterocycles. The molecule has 2 amide bonds. The minimum atomic E-state index is -0.222. The largest absolute Gasteiger partial charge is 0.349 e. The van der Waals surface area contributed by atoms with Crippen molar-refractivity contribution in [1.82, 2.24) is 15.3 Å². The highest BCUT2D eigenvalue weighted by Crippen LogP contribution is 2.32. The lowest BCUT2D eigenvalue weighted by atomic mass is 10.3. The molecule has 0 spiro atoms. The monoisotopic (exact) mass is 314 g/mol. The van der Waals surface area contributed by atoms with Gasteiger partial charge in [0.2, 0.25) is 11.8 Å². The number of thioether (sulfide) groups is 1. The normalized spacial score (nSPS) is 13.6. The molecule has 1 aliphatic heterocycles. The van der Waals surface area contributed by atoms with Crippen LogP contribution >= 0.6 is 11.8 Å². The molecule has 0 aliphatic carbocycles. The van der Waals surface area contributed by atoms with Crippen LogP contribution in [0.1, 0.15) is 5.69 Å². The van der Waals surface area contributed by atoms with Crippen LogP contribution in [-0.4, -0.2) is 34.1 Å². The maximum absolute atomic E-state index is 12.1. The number of aromatic nitrogens is 2. The van der Waals surface area contributed by atoms with Crippen LogP contribution in [0, 0.1) is 0 Å². The third-order valence-corrected chi connectivity index (χ3v) is 4.15. The zero-order valence-electron chi connectivity index (χ0n) is 11.7. The predicted octanol–water partition coefficient (Wildman–Crippen LogP) is 1.23. The molecule has 0 saturated carbocycles. The van der Waals surface area contributed by atoms with Gasteiger partial charge in [0.05, 0.1) is 23.7 Å². The lowest BCUT2D eigenvalue weighted by Gasteiger charge is -2.27. The number of fused-ring (bicyclic) bond motifs is 1. The Morgan fingerprint density at radius 2 is 2.09 bits per heavy atom. The molecular formula is C15H14N4O2S. The second-order valence-electron chi connectivity index (χ2n) is 4.69. The number of nitrogens with one attached hydrogen (secondary N) is 1. The fraction of sp³-hybridized carbons (Fsp3) is 0.200. The average Bonchev–Trinajstić information content (AvgIpc) is 2.56. The summed E-state index contributed by atoms with van der Waals surface area (Å²) in [6, 6.07) is 9.08. The SMILES string of the molecule is O=C(CN1C(=O)CSc2ncccc21)NCc1ccccn1. The van der Waals surface area contributed by atoms with Crippen molar-refractivity contribution in [2.75, 3.05) is 17.2 Å². The van der Waals surface area contributed by atoms with Gasteiger partial charge in [-0.2, -0.15) is 0 Å². The van der Waals surface area contributed by atoms with E-state index in [0.717, 1.165) is 10.7 Å². The molecule has 0 fully saturated rings. The highest BCUT2D eigenvalue weighted by Gasteiger charge is 2.26. The topological polar surface area (TPSA) is 75.2 Å². The third kappa shape index (κ3) is 3.25. The first-order valence-corrected chi connectivity index (χ1v) is 7.77. The molecule has 1 N–H and O–H groups in total. The van der Waals surface area contributed by atoms with Gasteiger partial charge in [-0.05, 0) is 24.3 Å². The van der Waals surface area contributed by atoms with Crippen molar-refractivity contribution in [3.8, 4) is 0 Å². The fourth-order valence-electron chi connectivity index (χ4n) is 2.11. The van der Waals surface area contributed by atoms with E-state index >= 15 is 0 Å². The van der Waals surface area contributed by atoms with Crippen molar-refractivity contribution in [2.45, 2.75) is 11.6 Å². The van der Waals surface area contributed by atoms with E-state index in [1.54, 1.807) is 24.5 Å². The van der Waals surface area contributed by atoms with Gasteiger partial charge < -0.3 is 5.32 Å². The van der Waals surface area contributed by atoms with Gasteiger partial charge >= 0.3 is 0 Å². The second kappa shape index (κ2) is 6.57. The molecule has 2 aromatic rings. The smallest absolute Gasteiger partial charge is 0.240 e. The summed E-state index contributed by atoms with van der Waals surface area (Å²) in [5.41, 5.74) is 1.47. The highest BCUT2D eigenvalue weighted by atomic mass is 32.2. The number of carbonyl (C=O) groups excluding carboxylic acids is 2. The quantitative estimate of drug-likeness (QED) is 0.919. The Kier molecular flexibility index (Phi) is 4.34. The molecule has 1 aliphatic rings. The summed E-state index contributed by atoms with van der Waals surface area (Å²) in [5, 5.41) is 3.55. The molecule has 0 unspecified atom stereocenters. The van der Waals surface area contributed by atoms with E-state index in [4.69, 9.17) is 0 Å². The predicted molar refractivity (Wildman–Crippen MR) is 83.4 cm³/mol. The van der Waals surface area contributed by atoms with Crippen LogP contribution in [0.4, 0.5) is 5.69 Å². The Balaban J connectivity index is 1.65. The first-order valence-electron chi connectivity index (χ1n) is 6.79. The van der Waals surface area contributed by atoms with E-state index in [9.17, 15) is 9.59 Å². The average molecular weight is 314 g/mol. The van der Waals surface area contributed by atoms with Gasteiger partial charge in [-0.3, -0.25) is 19.5 Å². The summed E-state index contributed by atoms with van der Waals surface area (Å²) in [6.45, 7) is 0.335. The van der Waals surface area contributed by atoms with Gasteiger partial charge in [-0.25, -0.2) is 4.98 Å². The van der Waals surface area contributed by atoms with Gasteiger partial charge in [0, 0.05) is 12.4 Å². The standard InChI is InChI=1S/C15H14N4O2S/c20-13(18-8-11-4-1-2-6-16-11)9-19-12-5-3-7-17-15(12)22-10-14(19)21/h1-7H,8-10H2,(H,18,20). The van der Waals surface area contributed by atoms with Crippen LogP contribution in [0.5, 0.6) is 0 Å². The van der Waals surface area contributed by atoms with E-state index in [1.807, 2.05) is 18.2 Å². The lowest BCUT2D eigenvalue weighted by Crippen LogP contribution is -2.43. The van der Waals surface area contributed by atoms with Gasteiger partial charge in [-0.15, -0.1) is 0 Å². The Bertz CT molecular complexity index is 693. The summed E-state index contributed by atoms with van der Waals surface area (Å²) in [5.74, 6) is -0.00319. The zero-order valence-corrected chi connectivity index (χ0v) is 12.5. The number of hydrogen-bond acceptors (Lipinski definition) is 5. The summed E-state index contributed by atoms with van der Waals surface area (Å²) < 4.78 is 0. The number of nitrogens with zero attached hydrogens (tertiary/aromatic N) is 3. The van der Waals surface area contributed by atoms with E-state index in [-0.39, 0.29) is 18.4 Å². The molecule has 0 atom stereocenters. The van der Waals surface area contributed by atoms with Crippen molar-refractivity contribution in [3.05, 3.63) is 48.4 Å². The summed E-state index contributed by atoms with van der Waals surface area (Å²) >= 11 is 1.39. The first-order chi connectivity index (χ1) is 10.7. The van der Waals surface area contributed by atoms with Crippen LogP contribution in [0.3, 0.4) is 0 Å². The van der Waals surface area contributed by atoms with Crippen LogP contribution in [0.2, 0.25) is 0 Å². The minimum absolute atomic E-state index is 0.00901. The molecule has 0 radical (unpaired) electrons. The number of hydrogen-bond donors (Lipinski definition) is 1. The van der Waals surface area contributed by atoms with Crippen molar-refractivity contribution in [1.29, 1.82) is 0 Å². The number of amides is 2. The Morgan fingerprint density at radius 3 is 2.91 bits per heavy atom. The Labute approximate surface area is 132 Å². The van der Waals surface area contributed by atoms with E-state index < -0.39 is 0 Å². The van der Waals surface area contributed by atoms with Crippen LogP contribution < -0.4 is 10.2 Å². The van der Waals surface area contributed by atoms with Gasteiger partial charge in [0.15, 0.2) is 0 Å². The Hall–Kier alpha value is -2.41. The molecule has 3 heterocycles. The minimum Gasteiger partial charge on any atom is -0.349 e. The first kappa shape index (κ1) is 14.5. The van der Waals surface area contributed by atoms with E-state index in [0.29, 0.717) is 18.0 Å². The number of anilines is 1.